The van der Waals surface area contributed by atoms with E-state index in [1.54, 1.807) is 24.3 Å². The summed E-state index contributed by atoms with van der Waals surface area (Å²) in [5, 5.41) is 6.08. The van der Waals surface area contributed by atoms with Gasteiger partial charge in [-0.15, -0.1) is 0 Å². The number of ether oxygens (including phenoxy) is 2. The molecule has 0 aliphatic rings. The molecule has 0 aliphatic carbocycles. The van der Waals surface area contributed by atoms with Gasteiger partial charge in [0, 0.05) is 17.1 Å². The van der Waals surface area contributed by atoms with E-state index in [9.17, 15) is 9.59 Å². The highest BCUT2D eigenvalue weighted by Crippen LogP contribution is 2.20. The zero-order valence-electron chi connectivity index (χ0n) is 16.1. The molecule has 0 aliphatic heterocycles. The maximum atomic E-state index is 12.0. The van der Waals surface area contributed by atoms with E-state index in [1.807, 2.05) is 54.6 Å². The summed E-state index contributed by atoms with van der Waals surface area (Å²) in [6.07, 6.45) is 0.265. The third-order valence-corrected chi connectivity index (χ3v) is 4.10. The van der Waals surface area contributed by atoms with Gasteiger partial charge in [-0.25, -0.2) is 4.79 Å². The van der Waals surface area contributed by atoms with Crippen molar-refractivity contribution < 1.29 is 19.1 Å². The van der Waals surface area contributed by atoms with E-state index in [4.69, 9.17) is 4.74 Å². The number of rotatable bonds is 8. The lowest BCUT2D eigenvalue weighted by molar-refractivity contribution is -0.116. The molecule has 148 valence electrons. The maximum Gasteiger partial charge on any atom is 0.337 e. The van der Waals surface area contributed by atoms with Crippen molar-refractivity contribution in [3.8, 4) is 5.75 Å². The van der Waals surface area contributed by atoms with Crippen LogP contribution in [-0.2, 0) is 9.53 Å². The fourth-order valence-corrected chi connectivity index (χ4v) is 2.61. The van der Waals surface area contributed by atoms with Crippen molar-refractivity contribution in [1.29, 1.82) is 0 Å². The molecule has 0 atom stereocenters. The summed E-state index contributed by atoms with van der Waals surface area (Å²) < 4.78 is 10.2. The SMILES string of the molecule is COC(=O)c1ccc(Nc2ccc(NC(=O)CCOc3ccccc3)cc2)cc1. The van der Waals surface area contributed by atoms with Crippen LogP contribution in [0.15, 0.2) is 78.9 Å². The average Bonchev–Trinajstić information content (AvgIpc) is 2.76. The predicted molar refractivity (Wildman–Crippen MR) is 113 cm³/mol. The largest absolute Gasteiger partial charge is 0.493 e. The summed E-state index contributed by atoms with van der Waals surface area (Å²) in [6, 6.07) is 23.8. The molecule has 3 aromatic carbocycles. The number of anilines is 3. The molecule has 0 aromatic heterocycles. The zero-order valence-corrected chi connectivity index (χ0v) is 16.1. The molecule has 29 heavy (non-hydrogen) atoms. The van der Waals surface area contributed by atoms with Crippen molar-refractivity contribution in [2.24, 2.45) is 0 Å². The lowest BCUT2D eigenvalue weighted by Gasteiger charge is -2.10. The number of carbonyl (C=O) groups excluding carboxylic acids is 2. The number of hydrogen-bond acceptors (Lipinski definition) is 5. The van der Waals surface area contributed by atoms with Gasteiger partial charge >= 0.3 is 5.97 Å². The number of hydrogen-bond donors (Lipinski definition) is 2. The van der Waals surface area contributed by atoms with Gasteiger partial charge in [-0.1, -0.05) is 18.2 Å². The monoisotopic (exact) mass is 390 g/mol. The number of carbonyl (C=O) groups is 2. The highest BCUT2D eigenvalue weighted by atomic mass is 16.5. The summed E-state index contributed by atoms with van der Waals surface area (Å²) in [7, 11) is 1.35. The normalized spacial score (nSPS) is 10.1. The van der Waals surface area contributed by atoms with E-state index in [0.717, 1.165) is 17.1 Å². The van der Waals surface area contributed by atoms with Crippen LogP contribution in [-0.4, -0.2) is 25.6 Å². The lowest BCUT2D eigenvalue weighted by atomic mass is 10.2. The van der Waals surface area contributed by atoms with Crippen LogP contribution in [0.3, 0.4) is 0 Å². The summed E-state index contributed by atoms with van der Waals surface area (Å²) >= 11 is 0. The Hall–Kier alpha value is -3.80. The van der Waals surface area contributed by atoms with Gasteiger partial charge in [0.2, 0.25) is 5.91 Å². The molecule has 0 radical (unpaired) electrons. The highest BCUT2D eigenvalue weighted by Gasteiger charge is 2.05. The Morgan fingerprint density at radius 1 is 0.793 bits per heavy atom. The molecule has 6 nitrogen and oxygen atoms in total. The van der Waals surface area contributed by atoms with Crippen molar-refractivity contribution in [3.05, 3.63) is 84.4 Å². The summed E-state index contributed by atoms with van der Waals surface area (Å²) in [5.74, 6) is 0.265. The van der Waals surface area contributed by atoms with Gasteiger partial charge < -0.3 is 20.1 Å². The van der Waals surface area contributed by atoms with Crippen LogP contribution < -0.4 is 15.4 Å². The minimum absolute atomic E-state index is 0.111. The van der Waals surface area contributed by atoms with Gasteiger partial charge in [0.15, 0.2) is 0 Å². The highest BCUT2D eigenvalue weighted by molar-refractivity contribution is 5.91. The molecular formula is C23H22N2O4. The Morgan fingerprint density at radius 3 is 2.00 bits per heavy atom. The third-order valence-electron chi connectivity index (χ3n) is 4.10. The predicted octanol–water partition coefficient (Wildman–Crippen LogP) is 4.62. The second kappa shape index (κ2) is 9.94. The molecule has 0 saturated heterocycles. The minimum atomic E-state index is -0.370. The van der Waals surface area contributed by atoms with Crippen LogP contribution in [0.4, 0.5) is 17.1 Å². The first-order chi connectivity index (χ1) is 14.1. The van der Waals surface area contributed by atoms with E-state index in [0.29, 0.717) is 17.9 Å². The van der Waals surface area contributed by atoms with Crippen LogP contribution in [0, 0.1) is 0 Å². The molecule has 1 amide bonds. The summed E-state index contributed by atoms with van der Waals surface area (Å²) in [6.45, 7) is 0.317. The molecule has 3 aromatic rings. The van der Waals surface area contributed by atoms with Crippen molar-refractivity contribution in [3.63, 3.8) is 0 Å². The molecule has 0 fully saturated rings. The van der Waals surface area contributed by atoms with E-state index in [1.165, 1.54) is 7.11 Å². The molecule has 0 spiro atoms. The lowest BCUT2D eigenvalue weighted by Crippen LogP contribution is -2.15. The third kappa shape index (κ3) is 6.10. The van der Waals surface area contributed by atoms with Crippen LogP contribution in [0.1, 0.15) is 16.8 Å². The quantitative estimate of drug-likeness (QED) is 0.549. The molecule has 0 saturated carbocycles. The van der Waals surface area contributed by atoms with Gasteiger partial charge in [-0.2, -0.15) is 0 Å². The Balaban J connectivity index is 1.47. The Labute approximate surface area is 169 Å². The van der Waals surface area contributed by atoms with E-state index < -0.39 is 0 Å². The van der Waals surface area contributed by atoms with Crippen molar-refractivity contribution in [2.45, 2.75) is 6.42 Å². The van der Waals surface area contributed by atoms with Crippen molar-refractivity contribution in [2.75, 3.05) is 24.4 Å². The van der Waals surface area contributed by atoms with E-state index in [-0.39, 0.29) is 18.3 Å². The van der Waals surface area contributed by atoms with E-state index >= 15 is 0 Å². The van der Waals surface area contributed by atoms with Gasteiger partial charge in [0.25, 0.3) is 0 Å². The topological polar surface area (TPSA) is 76.7 Å². The average molecular weight is 390 g/mol. The number of methoxy groups -OCH3 is 1. The standard InChI is InChI=1S/C23H22N2O4/c1-28-23(27)17-7-9-18(10-8-17)24-19-11-13-20(14-12-19)25-22(26)15-16-29-21-5-3-2-4-6-21/h2-14,24H,15-16H2,1H3,(H,25,26). The van der Waals surface area contributed by atoms with Crippen LogP contribution in [0.25, 0.3) is 0 Å². The molecule has 0 unspecified atom stereocenters. The van der Waals surface area contributed by atoms with Crippen molar-refractivity contribution in [1.82, 2.24) is 0 Å². The fourth-order valence-electron chi connectivity index (χ4n) is 2.61. The summed E-state index contributed by atoms with van der Waals surface area (Å²) in [4.78, 5) is 23.5. The number of esters is 1. The van der Waals surface area contributed by atoms with E-state index in [2.05, 4.69) is 15.4 Å². The minimum Gasteiger partial charge on any atom is -0.493 e. The van der Waals surface area contributed by atoms with Gasteiger partial charge in [-0.05, 0) is 60.7 Å². The Morgan fingerprint density at radius 2 is 1.38 bits per heavy atom. The molecule has 6 heteroatoms. The van der Waals surface area contributed by atoms with Crippen molar-refractivity contribution >= 4 is 28.9 Å². The number of para-hydroxylation sites is 1. The molecule has 2 N–H and O–H groups in total. The molecule has 0 bridgehead atoms. The van der Waals surface area contributed by atoms with Crippen LogP contribution in [0.5, 0.6) is 5.75 Å². The van der Waals surface area contributed by atoms with Gasteiger partial charge in [0.05, 0.1) is 25.7 Å². The maximum absolute atomic E-state index is 12.0. The molecular weight excluding hydrogens is 368 g/mol. The summed E-state index contributed by atoms with van der Waals surface area (Å²) in [5.41, 5.74) is 2.90. The molecule has 3 rings (SSSR count). The second-order valence-corrected chi connectivity index (χ2v) is 6.23. The Bertz CT molecular complexity index is 939. The Kier molecular flexibility index (Phi) is 6.84. The van der Waals surface area contributed by atoms with Crippen LogP contribution in [0.2, 0.25) is 0 Å². The first kappa shape index (κ1) is 19.9. The first-order valence-electron chi connectivity index (χ1n) is 9.17. The number of benzene rings is 3. The zero-order chi connectivity index (χ0) is 20.5. The van der Waals surface area contributed by atoms with Gasteiger partial charge in [-0.3, -0.25) is 4.79 Å². The number of nitrogens with one attached hydrogen (secondary N) is 2. The first-order valence-corrected chi connectivity index (χ1v) is 9.17. The molecule has 0 heterocycles. The number of amides is 1. The fraction of sp³-hybridized carbons (Fsp3) is 0.130. The van der Waals surface area contributed by atoms with Crippen LogP contribution >= 0.6 is 0 Å². The second-order valence-electron chi connectivity index (χ2n) is 6.23. The smallest absolute Gasteiger partial charge is 0.337 e. The van der Waals surface area contributed by atoms with Gasteiger partial charge in [0.1, 0.15) is 5.75 Å².